The lowest BCUT2D eigenvalue weighted by Gasteiger charge is -2.45. The van der Waals surface area contributed by atoms with E-state index in [1.54, 1.807) is 4.90 Å². The van der Waals surface area contributed by atoms with E-state index in [0.29, 0.717) is 19.1 Å². The fourth-order valence-corrected chi connectivity index (χ4v) is 3.98. The van der Waals surface area contributed by atoms with Crippen LogP contribution in [0.4, 0.5) is 13.2 Å². The molecule has 0 unspecified atom stereocenters. The number of aliphatic carboxylic acids is 1. The van der Waals surface area contributed by atoms with Gasteiger partial charge in [0.25, 0.3) is 0 Å². The first-order valence-corrected chi connectivity index (χ1v) is 10.6. The largest absolute Gasteiger partial charge is 0.490 e. The van der Waals surface area contributed by atoms with Gasteiger partial charge < -0.3 is 24.4 Å². The van der Waals surface area contributed by atoms with Crippen LogP contribution in [0.1, 0.15) is 18.4 Å². The number of carboxylic acids is 1. The van der Waals surface area contributed by atoms with Crippen LogP contribution >= 0.6 is 0 Å². The van der Waals surface area contributed by atoms with Gasteiger partial charge in [-0.05, 0) is 18.4 Å². The summed E-state index contributed by atoms with van der Waals surface area (Å²) < 4.78 is 43.5. The zero-order chi connectivity index (χ0) is 23.7. The average Bonchev–Trinajstić information content (AvgIpc) is 2.76. The number of likely N-dealkylation sites (tertiary alicyclic amines) is 1. The molecule has 1 N–H and O–H groups in total. The van der Waals surface area contributed by atoms with Crippen molar-refractivity contribution in [2.45, 2.75) is 31.7 Å². The predicted molar refractivity (Wildman–Crippen MR) is 111 cm³/mol. The van der Waals surface area contributed by atoms with E-state index in [1.165, 1.54) is 5.56 Å². The number of hydrogen-bond donors (Lipinski definition) is 1. The van der Waals surface area contributed by atoms with Crippen molar-refractivity contribution in [2.24, 2.45) is 11.8 Å². The highest BCUT2D eigenvalue weighted by Gasteiger charge is 2.42. The average molecular weight is 460 g/mol. The second-order valence-electron chi connectivity index (χ2n) is 8.13. The molecule has 3 rings (SSSR count). The van der Waals surface area contributed by atoms with Crippen LogP contribution in [0.15, 0.2) is 30.3 Å². The van der Waals surface area contributed by atoms with Gasteiger partial charge in [0.1, 0.15) is 0 Å². The molecule has 0 spiro atoms. The van der Waals surface area contributed by atoms with Gasteiger partial charge in [-0.1, -0.05) is 30.3 Å². The van der Waals surface area contributed by atoms with Gasteiger partial charge in [0.05, 0.1) is 19.3 Å². The zero-order valence-electron chi connectivity index (χ0n) is 18.4. The summed E-state index contributed by atoms with van der Waals surface area (Å²) in [6.07, 6.45) is -2.99. The van der Waals surface area contributed by atoms with Crippen molar-refractivity contribution in [1.82, 2.24) is 9.80 Å². The van der Waals surface area contributed by atoms with Crippen LogP contribution in [0.3, 0.4) is 0 Å². The Morgan fingerprint density at radius 3 is 2.47 bits per heavy atom. The fourth-order valence-electron chi connectivity index (χ4n) is 3.98. The van der Waals surface area contributed by atoms with Gasteiger partial charge in [0.2, 0.25) is 5.91 Å². The number of rotatable bonds is 6. The molecule has 2 fully saturated rings. The number of carbonyl (C=O) groups is 2. The standard InChI is InChI=1S/C20H30N2O3.C2HF3O2/c1-21(2)20(23)17-9-12-25-19-8-10-22(14-18(17)19)11-13-24-15-16-6-4-3-5-7-16;3-2(4,5)1(6)7/h3-7,17-19H,8-15H2,1-2H3;(H,6,7)/t17-,18-,19-;/m1./s1. The molecule has 180 valence electrons. The number of piperidine rings is 1. The van der Waals surface area contributed by atoms with Crippen LogP contribution < -0.4 is 0 Å². The molecule has 1 aromatic rings. The quantitative estimate of drug-likeness (QED) is 0.658. The Morgan fingerprint density at radius 1 is 1.22 bits per heavy atom. The van der Waals surface area contributed by atoms with Crippen LogP contribution in [0.5, 0.6) is 0 Å². The zero-order valence-corrected chi connectivity index (χ0v) is 18.4. The minimum atomic E-state index is -5.08. The van der Waals surface area contributed by atoms with E-state index in [2.05, 4.69) is 17.0 Å². The molecule has 0 saturated carbocycles. The molecular weight excluding hydrogens is 429 g/mol. The molecular formula is C22H31F3N2O5. The van der Waals surface area contributed by atoms with Crippen LogP contribution in [0.25, 0.3) is 0 Å². The molecule has 3 atom stereocenters. The first-order chi connectivity index (χ1) is 15.1. The van der Waals surface area contributed by atoms with Gasteiger partial charge in [-0.15, -0.1) is 0 Å². The first kappa shape index (κ1) is 26.1. The summed E-state index contributed by atoms with van der Waals surface area (Å²) >= 11 is 0. The van der Waals surface area contributed by atoms with Gasteiger partial charge in [0.15, 0.2) is 0 Å². The Bertz CT molecular complexity index is 730. The summed E-state index contributed by atoms with van der Waals surface area (Å²) in [5.41, 5.74) is 1.21. The summed E-state index contributed by atoms with van der Waals surface area (Å²) in [5.74, 6) is -2.10. The third-order valence-corrected chi connectivity index (χ3v) is 5.62. The molecule has 0 bridgehead atoms. The Balaban J connectivity index is 0.000000451. The van der Waals surface area contributed by atoms with Crippen LogP contribution in [-0.2, 0) is 25.7 Å². The van der Waals surface area contributed by atoms with Crippen molar-refractivity contribution in [3.05, 3.63) is 35.9 Å². The van der Waals surface area contributed by atoms with Gasteiger partial charge in [0, 0.05) is 52.2 Å². The SMILES string of the molecule is CN(C)C(=O)[C@@H]1CCO[C@@H]2CCN(CCOCc3ccccc3)C[C@@H]21.O=C(O)C(F)(F)F. The molecule has 1 amide bonds. The summed E-state index contributed by atoms with van der Waals surface area (Å²) in [7, 11) is 3.70. The Labute approximate surface area is 186 Å². The van der Waals surface area contributed by atoms with Gasteiger partial charge in [-0.3, -0.25) is 4.79 Å². The number of halogens is 3. The number of alkyl halides is 3. The summed E-state index contributed by atoms with van der Waals surface area (Å²) in [6.45, 7) is 4.97. The smallest absolute Gasteiger partial charge is 0.475 e. The number of nitrogens with zero attached hydrogens (tertiary/aromatic N) is 2. The molecule has 7 nitrogen and oxygen atoms in total. The molecule has 10 heteroatoms. The fraction of sp³-hybridized carbons (Fsp3) is 0.636. The third kappa shape index (κ3) is 8.07. The van der Waals surface area contributed by atoms with E-state index < -0.39 is 12.1 Å². The Morgan fingerprint density at radius 2 is 1.88 bits per heavy atom. The molecule has 0 aromatic heterocycles. The number of amides is 1. The van der Waals surface area contributed by atoms with Crippen molar-refractivity contribution in [2.75, 3.05) is 46.9 Å². The van der Waals surface area contributed by atoms with Gasteiger partial charge >= 0.3 is 12.1 Å². The summed E-state index contributed by atoms with van der Waals surface area (Å²) in [5, 5.41) is 7.12. The van der Waals surface area contributed by atoms with E-state index in [-0.39, 0.29) is 17.9 Å². The molecule has 0 aliphatic carbocycles. The van der Waals surface area contributed by atoms with E-state index >= 15 is 0 Å². The second-order valence-corrected chi connectivity index (χ2v) is 8.13. The lowest BCUT2D eigenvalue weighted by molar-refractivity contribution is -0.192. The minimum Gasteiger partial charge on any atom is -0.475 e. The number of fused-ring (bicyclic) bond motifs is 1. The number of ether oxygens (including phenoxy) is 2. The van der Waals surface area contributed by atoms with Crippen molar-refractivity contribution in [3.63, 3.8) is 0 Å². The summed E-state index contributed by atoms with van der Waals surface area (Å²) in [6, 6.07) is 10.3. The van der Waals surface area contributed by atoms with Crippen molar-refractivity contribution < 1.29 is 37.3 Å². The highest BCUT2D eigenvalue weighted by molar-refractivity contribution is 5.78. The maximum atomic E-state index is 12.5. The van der Waals surface area contributed by atoms with Gasteiger partial charge in [-0.2, -0.15) is 13.2 Å². The maximum absolute atomic E-state index is 12.5. The monoisotopic (exact) mass is 460 g/mol. The van der Waals surface area contributed by atoms with Crippen molar-refractivity contribution in [3.8, 4) is 0 Å². The second kappa shape index (κ2) is 12.2. The van der Waals surface area contributed by atoms with Crippen LogP contribution in [-0.4, -0.2) is 86.0 Å². The number of hydrogen-bond acceptors (Lipinski definition) is 5. The highest BCUT2D eigenvalue weighted by atomic mass is 19.4. The van der Waals surface area contributed by atoms with Crippen molar-refractivity contribution >= 4 is 11.9 Å². The molecule has 32 heavy (non-hydrogen) atoms. The third-order valence-electron chi connectivity index (χ3n) is 5.62. The van der Waals surface area contributed by atoms with Crippen LogP contribution in [0.2, 0.25) is 0 Å². The molecule has 1 aromatic carbocycles. The topological polar surface area (TPSA) is 79.3 Å². The predicted octanol–water partition coefficient (Wildman–Crippen LogP) is 2.65. The maximum Gasteiger partial charge on any atom is 0.490 e. The van der Waals surface area contributed by atoms with Crippen LogP contribution in [0, 0.1) is 11.8 Å². The lowest BCUT2D eigenvalue weighted by Crippen LogP contribution is -2.53. The number of carboxylic acid groups (broad SMARTS) is 1. The van der Waals surface area contributed by atoms with E-state index in [4.69, 9.17) is 19.4 Å². The first-order valence-electron chi connectivity index (χ1n) is 10.6. The van der Waals surface area contributed by atoms with E-state index in [9.17, 15) is 18.0 Å². The molecule has 0 radical (unpaired) electrons. The number of carbonyl (C=O) groups excluding carboxylic acids is 1. The molecule has 2 heterocycles. The highest BCUT2D eigenvalue weighted by Crippen LogP contribution is 2.34. The van der Waals surface area contributed by atoms with E-state index in [1.807, 2.05) is 32.3 Å². The lowest BCUT2D eigenvalue weighted by atomic mass is 9.79. The van der Waals surface area contributed by atoms with Crippen molar-refractivity contribution in [1.29, 1.82) is 0 Å². The van der Waals surface area contributed by atoms with E-state index in [0.717, 1.165) is 39.1 Å². The minimum absolute atomic E-state index is 0.0989. The Kier molecular flexibility index (Phi) is 9.92. The molecule has 2 aliphatic heterocycles. The molecule has 2 saturated heterocycles. The normalized spacial score (nSPS) is 23.5. The number of benzene rings is 1. The van der Waals surface area contributed by atoms with Gasteiger partial charge in [-0.25, -0.2) is 4.79 Å². The Hall–Kier alpha value is -2.17. The molecule has 2 aliphatic rings. The summed E-state index contributed by atoms with van der Waals surface area (Å²) in [4.78, 5) is 25.6.